The van der Waals surface area contributed by atoms with E-state index in [-0.39, 0.29) is 9.79 Å². The summed E-state index contributed by atoms with van der Waals surface area (Å²) < 4.78 is 56.0. The molecule has 2 aliphatic heterocycles. The summed E-state index contributed by atoms with van der Waals surface area (Å²) in [5.41, 5.74) is 6.60. The fourth-order valence-corrected chi connectivity index (χ4v) is 8.75. The highest BCUT2D eigenvalue weighted by atomic mass is 32.2. The molecule has 7 rings (SSSR count). The number of para-hydroxylation sites is 2. The Morgan fingerprint density at radius 3 is 1.24 bits per heavy atom. The van der Waals surface area contributed by atoms with Crippen molar-refractivity contribution in [3.63, 3.8) is 0 Å². The van der Waals surface area contributed by atoms with Gasteiger partial charge in [-0.1, -0.05) is 60.7 Å². The zero-order valence-electron chi connectivity index (χ0n) is 24.8. The van der Waals surface area contributed by atoms with Crippen LogP contribution in [0.4, 0.5) is 22.7 Å². The van der Waals surface area contributed by atoms with Crippen LogP contribution in [-0.2, 0) is 32.9 Å². The van der Waals surface area contributed by atoms with Gasteiger partial charge in [0.1, 0.15) is 0 Å². The Bertz CT molecular complexity index is 2020. The van der Waals surface area contributed by atoms with Crippen molar-refractivity contribution in [3.05, 3.63) is 144 Å². The third kappa shape index (κ3) is 5.73. The van der Waals surface area contributed by atoms with E-state index in [0.717, 1.165) is 33.6 Å². The number of nitrogens with zero attached hydrogens (tertiary/aromatic N) is 4. The summed E-state index contributed by atoms with van der Waals surface area (Å²) in [6.07, 6.45) is 4.85. The molecule has 0 spiro atoms. The van der Waals surface area contributed by atoms with Crippen LogP contribution in [0.3, 0.4) is 0 Å². The third-order valence-corrected chi connectivity index (χ3v) is 11.9. The second kappa shape index (κ2) is 12.0. The highest BCUT2D eigenvalue weighted by Crippen LogP contribution is 2.34. The van der Waals surface area contributed by atoms with Crippen LogP contribution in [0, 0.1) is 0 Å². The predicted octanol–water partition coefficient (Wildman–Crippen LogP) is 6.69. The average molecular weight is 647 g/mol. The number of anilines is 2. The predicted molar refractivity (Wildman–Crippen MR) is 183 cm³/mol. The molecule has 0 atom stereocenters. The van der Waals surface area contributed by atoms with Crippen LogP contribution in [0.2, 0.25) is 0 Å². The molecule has 2 heterocycles. The van der Waals surface area contributed by atoms with Gasteiger partial charge in [0.25, 0.3) is 20.0 Å². The van der Waals surface area contributed by atoms with E-state index in [1.807, 2.05) is 72.8 Å². The Balaban J connectivity index is 0.977. The van der Waals surface area contributed by atoms with E-state index in [4.69, 9.17) is 0 Å². The lowest BCUT2D eigenvalue weighted by atomic mass is 10.1. The van der Waals surface area contributed by atoms with E-state index in [1.165, 1.54) is 8.61 Å². The molecule has 8 nitrogen and oxygen atoms in total. The van der Waals surface area contributed by atoms with E-state index < -0.39 is 20.0 Å². The first kappa shape index (κ1) is 29.6. The first-order chi connectivity index (χ1) is 22.3. The van der Waals surface area contributed by atoms with Crippen molar-refractivity contribution in [2.24, 2.45) is 9.98 Å². The van der Waals surface area contributed by atoms with Crippen LogP contribution in [0.1, 0.15) is 22.3 Å². The van der Waals surface area contributed by atoms with Gasteiger partial charge in [-0.3, -0.25) is 18.6 Å². The molecule has 10 heteroatoms. The van der Waals surface area contributed by atoms with Crippen molar-refractivity contribution in [1.29, 1.82) is 0 Å². The molecule has 0 bridgehead atoms. The van der Waals surface area contributed by atoms with Crippen LogP contribution < -0.4 is 8.61 Å². The maximum Gasteiger partial charge on any atom is 0.264 e. The molecule has 0 N–H and O–H groups in total. The number of aliphatic imine (C=N–C) groups is 2. The quantitative estimate of drug-likeness (QED) is 0.175. The second-order valence-electron chi connectivity index (χ2n) is 11.1. The molecule has 5 aromatic rings. The molecule has 0 radical (unpaired) electrons. The van der Waals surface area contributed by atoms with Gasteiger partial charge in [0, 0.05) is 25.5 Å². The van der Waals surface area contributed by atoms with Gasteiger partial charge in [-0.15, -0.1) is 0 Å². The number of benzene rings is 5. The van der Waals surface area contributed by atoms with Gasteiger partial charge in [-0.25, -0.2) is 16.8 Å². The topological polar surface area (TPSA) is 99.5 Å². The lowest BCUT2D eigenvalue weighted by molar-refractivity contribution is 0.590. The smallest absolute Gasteiger partial charge is 0.264 e. The molecule has 2 aliphatic rings. The van der Waals surface area contributed by atoms with Crippen LogP contribution in [0.25, 0.3) is 0 Å². The molecular formula is C36H30N4O4S2. The van der Waals surface area contributed by atoms with Crippen molar-refractivity contribution in [3.8, 4) is 0 Å². The molecule has 0 fully saturated rings. The summed E-state index contributed by atoms with van der Waals surface area (Å²) in [6, 6.07) is 36.0. The molecular weight excluding hydrogens is 617 g/mol. The Hall–Kier alpha value is -5.06. The third-order valence-electron chi connectivity index (χ3n) is 8.20. The zero-order valence-corrected chi connectivity index (χ0v) is 26.4. The first-order valence-corrected chi connectivity index (χ1v) is 17.8. The van der Waals surface area contributed by atoms with Crippen LogP contribution in [0.15, 0.2) is 141 Å². The number of hydrogen-bond acceptors (Lipinski definition) is 6. The summed E-state index contributed by atoms with van der Waals surface area (Å²) in [4.78, 5) is 9.48. The van der Waals surface area contributed by atoms with E-state index in [2.05, 4.69) is 9.98 Å². The number of sulfonamides is 2. The molecule has 46 heavy (non-hydrogen) atoms. The van der Waals surface area contributed by atoms with Crippen LogP contribution >= 0.6 is 0 Å². The maximum atomic E-state index is 13.3. The van der Waals surface area contributed by atoms with Crippen molar-refractivity contribution in [2.45, 2.75) is 22.6 Å². The minimum atomic E-state index is -3.65. The Morgan fingerprint density at radius 2 is 0.848 bits per heavy atom. The van der Waals surface area contributed by atoms with Crippen LogP contribution in [0.5, 0.6) is 0 Å². The Labute approximate surface area is 269 Å². The summed E-state index contributed by atoms with van der Waals surface area (Å²) in [5.74, 6) is 0. The Morgan fingerprint density at radius 1 is 0.478 bits per heavy atom. The highest BCUT2D eigenvalue weighted by molar-refractivity contribution is 7.93. The molecule has 0 saturated carbocycles. The van der Waals surface area contributed by atoms with Crippen molar-refractivity contribution in [1.82, 2.24) is 0 Å². The fraction of sp³-hybridized carbons (Fsp3) is 0.111. The summed E-state index contributed by atoms with van der Waals surface area (Å²) in [7, 11) is -7.30. The molecule has 5 aromatic carbocycles. The number of rotatable bonds is 8. The minimum Gasteiger partial charge on any atom is -0.266 e. The molecule has 0 saturated heterocycles. The summed E-state index contributed by atoms with van der Waals surface area (Å²) >= 11 is 0. The van der Waals surface area contributed by atoms with Crippen LogP contribution in [-0.4, -0.2) is 42.4 Å². The first-order valence-electron chi connectivity index (χ1n) is 14.9. The highest BCUT2D eigenvalue weighted by Gasteiger charge is 2.31. The van der Waals surface area contributed by atoms with Gasteiger partial charge in [0.05, 0.1) is 32.5 Å². The molecule has 0 unspecified atom stereocenters. The molecule has 0 amide bonds. The standard InChI is InChI=1S/C36H30N4O4S2/c41-45(42,39-23-21-29-5-1-3-7-35(29)39)33-17-13-31(14-18-33)37-25-27-9-11-28(12-10-27)26-38-32-15-19-34(20-16-32)46(43,44)40-24-22-30-6-2-4-8-36(30)40/h1-20,25-26H,21-24H2. The normalized spacial score (nSPS) is 14.7. The average Bonchev–Trinajstić information content (AvgIpc) is 3.73. The number of fused-ring (bicyclic) bond motifs is 2. The van der Waals surface area contributed by atoms with Gasteiger partial charge in [-0.2, -0.15) is 0 Å². The SMILES string of the molecule is O=S(=O)(c1ccc(N=Cc2ccc(C=Nc3ccc(S(=O)(=O)N4CCc5ccccc54)cc3)cc2)cc1)N1CCc2ccccc21. The van der Waals surface area contributed by atoms with E-state index in [1.54, 1.807) is 61.0 Å². The van der Waals surface area contributed by atoms with Gasteiger partial charge in [-0.05, 0) is 95.8 Å². The van der Waals surface area contributed by atoms with Crippen molar-refractivity contribution in [2.75, 3.05) is 21.7 Å². The van der Waals surface area contributed by atoms with Crippen molar-refractivity contribution < 1.29 is 16.8 Å². The maximum absolute atomic E-state index is 13.3. The van der Waals surface area contributed by atoms with E-state index >= 15 is 0 Å². The lowest BCUT2D eigenvalue weighted by Gasteiger charge is -2.19. The second-order valence-corrected chi connectivity index (χ2v) is 14.8. The molecule has 230 valence electrons. The van der Waals surface area contributed by atoms with Gasteiger partial charge < -0.3 is 0 Å². The zero-order chi connectivity index (χ0) is 31.7. The lowest BCUT2D eigenvalue weighted by Crippen LogP contribution is -2.29. The number of hydrogen-bond donors (Lipinski definition) is 0. The Kier molecular flexibility index (Phi) is 7.75. The summed E-state index contributed by atoms with van der Waals surface area (Å²) in [6.45, 7) is 0.876. The minimum absolute atomic E-state index is 0.237. The monoisotopic (exact) mass is 646 g/mol. The van der Waals surface area contributed by atoms with Crippen molar-refractivity contribution >= 4 is 55.2 Å². The summed E-state index contributed by atoms with van der Waals surface area (Å²) in [5, 5.41) is 0. The van der Waals surface area contributed by atoms with E-state index in [9.17, 15) is 16.8 Å². The van der Waals surface area contributed by atoms with Gasteiger partial charge in [0.15, 0.2) is 0 Å². The molecule has 0 aliphatic carbocycles. The fourth-order valence-electron chi connectivity index (χ4n) is 5.74. The van der Waals surface area contributed by atoms with Gasteiger partial charge in [0.2, 0.25) is 0 Å². The largest absolute Gasteiger partial charge is 0.266 e. The molecule has 0 aromatic heterocycles. The van der Waals surface area contributed by atoms with Gasteiger partial charge >= 0.3 is 0 Å². The van der Waals surface area contributed by atoms with E-state index in [0.29, 0.717) is 37.3 Å².